The fourth-order valence-corrected chi connectivity index (χ4v) is 4.03. The van der Waals surface area contributed by atoms with Crippen molar-refractivity contribution in [3.05, 3.63) is 23.0 Å². The number of nitrogens with one attached hydrogen (secondary N) is 1. The van der Waals surface area contributed by atoms with Crippen molar-refractivity contribution in [3.8, 4) is 0 Å². The van der Waals surface area contributed by atoms with Crippen LogP contribution in [0.25, 0.3) is 0 Å². The Hall–Kier alpha value is -1.38. The molecule has 1 amide bonds. The third kappa shape index (κ3) is 4.83. The lowest BCUT2D eigenvalue weighted by atomic mass is 9.95. The normalized spacial score (nSPS) is 22.0. The summed E-state index contributed by atoms with van der Waals surface area (Å²) in [5.41, 5.74) is 1.62. The van der Waals surface area contributed by atoms with E-state index in [2.05, 4.69) is 16.2 Å². The maximum Gasteiger partial charge on any atom is 0.255 e. The highest BCUT2D eigenvalue weighted by Crippen LogP contribution is 2.24. The lowest BCUT2D eigenvalue weighted by Crippen LogP contribution is -2.43. The van der Waals surface area contributed by atoms with E-state index >= 15 is 0 Å². The number of aryl methyl sites for hydroxylation is 1. The van der Waals surface area contributed by atoms with Gasteiger partial charge in [0.15, 0.2) is 0 Å². The molecule has 1 fully saturated rings. The van der Waals surface area contributed by atoms with E-state index < -0.39 is 15.6 Å². The molecule has 2 heterocycles. The van der Waals surface area contributed by atoms with E-state index in [-0.39, 0.29) is 12.5 Å². The van der Waals surface area contributed by atoms with Crippen LogP contribution >= 0.6 is 0 Å². The van der Waals surface area contributed by atoms with Gasteiger partial charge in [-0.25, -0.2) is 13.1 Å². The number of nitrogens with zero attached hydrogens (tertiary/aromatic N) is 2. The quantitative estimate of drug-likeness (QED) is 0.809. The number of hydrogen-bond donors (Lipinski definition) is 2. The molecule has 0 spiro atoms. The fraction of sp³-hybridized carbons (Fsp3) is 0.706. The van der Waals surface area contributed by atoms with Gasteiger partial charge in [0.05, 0.1) is 17.4 Å². The highest BCUT2D eigenvalue weighted by Gasteiger charge is 2.33. The monoisotopic (exact) mass is 371 g/mol. The molecule has 1 aromatic rings. The topological polar surface area (TPSA) is 91.6 Å². The predicted octanol–water partition coefficient (Wildman–Crippen LogP) is 1.03. The van der Waals surface area contributed by atoms with Crippen LogP contribution in [0.4, 0.5) is 0 Å². The van der Waals surface area contributed by atoms with Crippen LogP contribution in [0.5, 0.6) is 0 Å². The SMILES string of the molecule is CCn1c(C)cc(C(=O)N2CCC[C@@](O)(CNS(C)(=O)=O)CC2)c1C. The molecule has 25 heavy (non-hydrogen) atoms. The van der Waals surface area contributed by atoms with Crippen molar-refractivity contribution in [1.82, 2.24) is 14.2 Å². The number of rotatable bonds is 5. The Morgan fingerprint density at radius 2 is 2.00 bits per heavy atom. The summed E-state index contributed by atoms with van der Waals surface area (Å²) in [4.78, 5) is 14.7. The minimum atomic E-state index is -3.35. The Labute approximate surface area is 150 Å². The van der Waals surface area contributed by atoms with Crippen LogP contribution < -0.4 is 4.72 Å². The van der Waals surface area contributed by atoms with Crippen LogP contribution in [0.15, 0.2) is 6.07 Å². The van der Waals surface area contributed by atoms with Crippen LogP contribution in [-0.2, 0) is 16.6 Å². The molecule has 2 N–H and O–H groups in total. The number of carbonyl (C=O) groups excluding carboxylic acids is 1. The van der Waals surface area contributed by atoms with E-state index in [0.717, 1.165) is 24.2 Å². The average molecular weight is 372 g/mol. The van der Waals surface area contributed by atoms with E-state index in [1.54, 1.807) is 4.90 Å². The Morgan fingerprint density at radius 3 is 2.56 bits per heavy atom. The first-order chi connectivity index (χ1) is 11.6. The van der Waals surface area contributed by atoms with Crippen molar-refractivity contribution in [2.75, 3.05) is 25.9 Å². The summed E-state index contributed by atoms with van der Waals surface area (Å²) < 4.78 is 27.0. The van der Waals surface area contributed by atoms with Crippen molar-refractivity contribution >= 4 is 15.9 Å². The van der Waals surface area contributed by atoms with E-state index in [1.807, 2.05) is 19.9 Å². The lowest BCUT2D eigenvalue weighted by molar-refractivity contribution is 0.0305. The molecule has 0 unspecified atom stereocenters. The standard InChI is InChI=1S/C17H29N3O4S/c1-5-20-13(2)11-15(14(20)3)16(21)19-9-6-7-17(22,8-10-19)12-18-25(4,23)24/h11,18,22H,5-10,12H2,1-4H3/t17-/m0/s1. The molecule has 0 bridgehead atoms. The van der Waals surface area contributed by atoms with Gasteiger partial charge in [0, 0.05) is 37.6 Å². The molecule has 0 saturated carbocycles. The smallest absolute Gasteiger partial charge is 0.255 e. The average Bonchev–Trinajstić information content (AvgIpc) is 2.69. The van der Waals surface area contributed by atoms with Gasteiger partial charge in [-0.3, -0.25) is 4.79 Å². The molecular formula is C17H29N3O4S. The highest BCUT2D eigenvalue weighted by molar-refractivity contribution is 7.88. The van der Waals surface area contributed by atoms with Crippen LogP contribution in [-0.4, -0.2) is 60.4 Å². The maximum absolute atomic E-state index is 12.9. The first kappa shape index (κ1) is 19.9. The van der Waals surface area contributed by atoms with Crippen LogP contribution in [0.1, 0.15) is 47.9 Å². The van der Waals surface area contributed by atoms with Gasteiger partial charge in [-0.15, -0.1) is 0 Å². The number of carbonyl (C=O) groups is 1. The summed E-state index contributed by atoms with van der Waals surface area (Å²) in [6.07, 6.45) is 2.54. The predicted molar refractivity (Wildman–Crippen MR) is 97.1 cm³/mol. The van der Waals surface area contributed by atoms with Crippen molar-refractivity contribution < 1.29 is 18.3 Å². The molecule has 1 saturated heterocycles. The van der Waals surface area contributed by atoms with Crippen molar-refractivity contribution in [2.24, 2.45) is 0 Å². The fourth-order valence-electron chi connectivity index (χ4n) is 3.50. The second-order valence-corrected chi connectivity index (χ2v) is 8.83. The lowest BCUT2D eigenvalue weighted by Gasteiger charge is -2.27. The second-order valence-electron chi connectivity index (χ2n) is 6.99. The highest BCUT2D eigenvalue weighted by atomic mass is 32.2. The molecule has 7 nitrogen and oxygen atoms in total. The van der Waals surface area contributed by atoms with Crippen LogP contribution in [0, 0.1) is 13.8 Å². The number of sulfonamides is 1. The van der Waals surface area contributed by atoms with E-state index in [1.165, 1.54) is 0 Å². The molecule has 1 aliphatic heterocycles. The van der Waals surface area contributed by atoms with Gasteiger partial charge in [0.25, 0.3) is 5.91 Å². The summed E-state index contributed by atoms with van der Waals surface area (Å²) >= 11 is 0. The van der Waals surface area contributed by atoms with Gasteiger partial charge in [0.2, 0.25) is 10.0 Å². The molecule has 8 heteroatoms. The van der Waals surface area contributed by atoms with Crippen LogP contribution in [0.3, 0.4) is 0 Å². The molecule has 1 atom stereocenters. The number of hydrogen-bond acceptors (Lipinski definition) is 4. The van der Waals surface area contributed by atoms with Gasteiger partial charge in [-0.05, 0) is 46.1 Å². The van der Waals surface area contributed by atoms with Crippen molar-refractivity contribution in [3.63, 3.8) is 0 Å². The summed E-state index contributed by atoms with van der Waals surface area (Å²) in [5.74, 6) is -0.0203. The minimum absolute atomic E-state index is 0.0157. The van der Waals surface area contributed by atoms with Gasteiger partial charge in [-0.1, -0.05) is 0 Å². The molecule has 1 aromatic heterocycles. The first-order valence-electron chi connectivity index (χ1n) is 8.69. The Balaban J connectivity index is 2.09. The molecular weight excluding hydrogens is 342 g/mol. The van der Waals surface area contributed by atoms with E-state index in [4.69, 9.17) is 0 Å². The number of aliphatic hydroxyl groups is 1. The largest absolute Gasteiger partial charge is 0.388 e. The van der Waals surface area contributed by atoms with Gasteiger partial charge < -0.3 is 14.6 Å². The third-order valence-electron chi connectivity index (χ3n) is 4.99. The van der Waals surface area contributed by atoms with E-state index in [0.29, 0.717) is 37.9 Å². The first-order valence-corrected chi connectivity index (χ1v) is 10.6. The summed E-state index contributed by atoms with van der Waals surface area (Å²) in [6, 6.07) is 1.92. The summed E-state index contributed by atoms with van der Waals surface area (Å²) in [5, 5.41) is 10.7. The van der Waals surface area contributed by atoms with Gasteiger partial charge in [-0.2, -0.15) is 0 Å². The molecule has 2 rings (SSSR count). The third-order valence-corrected chi connectivity index (χ3v) is 5.66. The second kappa shape index (κ2) is 7.47. The molecule has 1 aliphatic rings. The molecule has 0 aromatic carbocycles. The zero-order valence-corrected chi connectivity index (χ0v) is 16.3. The molecule has 142 valence electrons. The molecule has 0 aliphatic carbocycles. The zero-order chi connectivity index (χ0) is 18.8. The zero-order valence-electron chi connectivity index (χ0n) is 15.5. The van der Waals surface area contributed by atoms with Gasteiger partial charge >= 0.3 is 0 Å². The Morgan fingerprint density at radius 1 is 1.32 bits per heavy atom. The number of aromatic nitrogens is 1. The molecule has 0 radical (unpaired) electrons. The van der Waals surface area contributed by atoms with Crippen molar-refractivity contribution in [1.29, 1.82) is 0 Å². The number of amides is 1. The van der Waals surface area contributed by atoms with E-state index in [9.17, 15) is 18.3 Å². The maximum atomic E-state index is 12.9. The Kier molecular flexibility index (Phi) is 5.96. The summed E-state index contributed by atoms with van der Waals surface area (Å²) in [7, 11) is -3.35. The van der Waals surface area contributed by atoms with Crippen molar-refractivity contribution in [2.45, 2.75) is 52.2 Å². The summed E-state index contributed by atoms with van der Waals surface area (Å²) in [6.45, 7) is 7.78. The Bertz CT molecular complexity index is 741. The van der Waals surface area contributed by atoms with Crippen LogP contribution in [0.2, 0.25) is 0 Å². The minimum Gasteiger partial charge on any atom is -0.388 e. The van der Waals surface area contributed by atoms with Gasteiger partial charge in [0.1, 0.15) is 0 Å². The number of likely N-dealkylation sites (tertiary alicyclic amines) is 1.